The van der Waals surface area contributed by atoms with E-state index in [9.17, 15) is 0 Å². The minimum atomic E-state index is 0.568. The lowest BCUT2D eigenvalue weighted by Gasteiger charge is -2.09. The van der Waals surface area contributed by atoms with Crippen LogP contribution in [0.15, 0.2) is 36.4 Å². The van der Waals surface area contributed by atoms with Crippen LogP contribution in [0.5, 0.6) is 5.75 Å². The van der Waals surface area contributed by atoms with Gasteiger partial charge < -0.3 is 15.8 Å². The minimum Gasteiger partial charge on any atom is -0.497 e. The molecular formula is C14H17N3OS. The number of hydrogen-bond donors (Lipinski definition) is 3. The first-order valence-corrected chi connectivity index (χ1v) is 6.58. The molecule has 0 bridgehead atoms. The van der Waals surface area contributed by atoms with Gasteiger partial charge in [-0.3, -0.25) is 0 Å². The standard InChI is InChI=1S/C14H17N3OS/c1-18-13-4-2-3-10(5-13)8-16-14-7-11(15)6-12(9-19)17-14/h2-7,19H,8-9H2,1H3,(H3,15,16,17). The van der Waals surface area contributed by atoms with Gasteiger partial charge in [0.25, 0.3) is 0 Å². The number of rotatable bonds is 5. The SMILES string of the molecule is COc1cccc(CNc2cc(N)cc(CS)n2)c1. The van der Waals surface area contributed by atoms with Crippen LogP contribution in [-0.4, -0.2) is 12.1 Å². The first-order chi connectivity index (χ1) is 9.21. The Morgan fingerprint density at radius 1 is 1.32 bits per heavy atom. The smallest absolute Gasteiger partial charge is 0.128 e. The van der Waals surface area contributed by atoms with E-state index in [2.05, 4.69) is 22.9 Å². The van der Waals surface area contributed by atoms with Crippen LogP contribution >= 0.6 is 12.6 Å². The van der Waals surface area contributed by atoms with Gasteiger partial charge >= 0.3 is 0 Å². The predicted octanol–water partition coefficient (Wildman–Crippen LogP) is 2.71. The molecule has 0 saturated carbocycles. The second-order valence-corrected chi connectivity index (χ2v) is 4.46. The van der Waals surface area contributed by atoms with Gasteiger partial charge in [0.2, 0.25) is 0 Å². The topological polar surface area (TPSA) is 60.2 Å². The molecule has 0 radical (unpaired) electrons. The summed E-state index contributed by atoms with van der Waals surface area (Å²) >= 11 is 4.21. The van der Waals surface area contributed by atoms with E-state index in [1.54, 1.807) is 7.11 Å². The number of thiol groups is 1. The monoisotopic (exact) mass is 275 g/mol. The maximum atomic E-state index is 5.82. The molecule has 0 atom stereocenters. The molecule has 1 aromatic carbocycles. The van der Waals surface area contributed by atoms with E-state index in [1.165, 1.54) is 0 Å². The summed E-state index contributed by atoms with van der Waals surface area (Å²) < 4.78 is 5.19. The van der Waals surface area contributed by atoms with Crippen molar-refractivity contribution >= 4 is 24.1 Å². The van der Waals surface area contributed by atoms with Gasteiger partial charge in [-0.05, 0) is 23.8 Å². The Morgan fingerprint density at radius 3 is 2.89 bits per heavy atom. The van der Waals surface area contributed by atoms with Crippen molar-refractivity contribution in [2.45, 2.75) is 12.3 Å². The predicted molar refractivity (Wildman–Crippen MR) is 81.7 cm³/mol. The quantitative estimate of drug-likeness (QED) is 0.734. The Kier molecular flexibility index (Phi) is 4.52. The lowest BCUT2D eigenvalue weighted by molar-refractivity contribution is 0.414. The fourth-order valence-electron chi connectivity index (χ4n) is 1.76. The summed E-state index contributed by atoms with van der Waals surface area (Å²) in [7, 11) is 1.66. The number of nitrogens with two attached hydrogens (primary N) is 1. The highest BCUT2D eigenvalue weighted by Crippen LogP contribution is 2.16. The molecule has 4 nitrogen and oxygen atoms in total. The van der Waals surface area contributed by atoms with Crippen LogP contribution in [0.1, 0.15) is 11.3 Å². The van der Waals surface area contributed by atoms with Gasteiger partial charge in [-0.15, -0.1) is 0 Å². The van der Waals surface area contributed by atoms with Crippen molar-refractivity contribution in [3.63, 3.8) is 0 Å². The van der Waals surface area contributed by atoms with E-state index < -0.39 is 0 Å². The summed E-state index contributed by atoms with van der Waals surface area (Å²) in [4.78, 5) is 4.41. The summed E-state index contributed by atoms with van der Waals surface area (Å²) in [6.45, 7) is 0.666. The molecule has 0 amide bonds. The number of pyridine rings is 1. The normalized spacial score (nSPS) is 10.2. The third-order valence-corrected chi connectivity index (χ3v) is 2.99. The third-order valence-electron chi connectivity index (χ3n) is 2.67. The Hall–Kier alpha value is -1.88. The van der Waals surface area contributed by atoms with Crippen molar-refractivity contribution in [1.29, 1.82) is 0 Å². The molecule has 3 N–H and O–H groups in total. The van der Waals surface area contributed by atoms with Crippen LogP contribution in [0, 0.1) is 0 Å². The first-order valence-electron chi connectivity index (χ1n) is 5.95. The maximum absolute atomic E-state index is 5.82. The molecular weight excluding hydrogens is 258 g/mol. The minimum absolute atomic E-state index is 0.568. The summed E-state index contributed by atoms with van der Waals surface area (Å²) in [5, 5.41) is 3.25. The largest absolute Gasteiger partial charge is 0.497 e. The van der Waals surface area contributed by atoms with Gasteiger partial charge in [-0.25, -0.2) is 4.98 Å². The summed E-state index contributed by atoms with van der Waals surface area (Å²) in [5.41, 5.74) is 8.48. The van der Waals surface area contributed by atoms with Crippen LogP contribution in [-0.2, 0) is 12.3 Å². The molecule has 19 heavy (non-hydrogen) atoms. The van der Waals surface area contributed by atoms with E-state index in [0.29, 0.717) is 18.0 Å². The summed E-state index contributed by atoms with van der Waals surface area (Å²) in [6.07, 6.45) is 0. The van der Waals surface area contributed by atoms with Gasteiger partial charge in [0.1, 0.15) is 11.6 Å². The average Bonchev–Trinajstić information content (AvgIpc) is 2.44. The zero-order valence-corrected chi connectivity index (χ0v) is 11.7. The van der Waals surface area contributed by atoms with Crippen molar-refractivity contribution in [1.82, 2.24) is 4.98 Å². The number of nitrogen functional groups attached to an aromatic ring is 1. The second kappa shape index (κ2) is 6.33. The van der Waals surface area contributed by atoms with E-state index in [0.717, 1.165) is 22.8 Å². The van der Waals surface area contributed by atoms with Crippen LogP contribution in [0.4, 0.5) is 11.5 Å². The molecule has 0 fully saturated rings. The number of benzene rings is 1. The highest BCUT2D eigenvalue weighted by Gasteiger charge is 2.01. The first kappa shape index (κ1) is 13.5. The highest BCUT2D eigenvalue weighted by molar-refractivity contribution is 7.79. The van der Waals surface area contributed by atoms with E-state index in [1.807, 2.05) is 36.4 Å². The lowest BCUT2D eigenvalue weighted by atomic mass is 10.2. The molecule has 0 aliphatic rings. The Morgan fingerprint density at radius 2 is 2.16 bits per heavy atom. The van der Waals surface area contributed by atoms with Gasteiger partial charge in [0.15, 0.2) is 0 Å². The van der Waals surface area contributed by atoms with Gasteiger partial charge in [0, 0.05) is 24.1 Å². The molecule has 0 aliphatic carbocycles. The Balaban J connectivity index is 2.07. The molecule has 1 aromatic heterocycles. The zero-order chi connectivity index (χ0) is 13.7. The molecule has 0 spiro atoms. The van der Waals surface area contributed by atoms with Crippen LogP contribution in [0.3, 0.4) is 0 Å². The number of nitrogens with zero attached hydrogens (tertiary/aromatic N) is 1. The lowest BCUT2D eigenvalue weighted by Crippen LogP contribution is -2.04. The molecule has 2 aromatic rings. The van der Waals surface area contributed by atoms with Crippen LogP contribution in [0.2, 0.25) is 0 Å². The number of aromatic nitrogens is 1. The van der Waals surface area contributed by atoms with E-state index in [-0.39, 0.29) is 0 Å². The van der Waals surface area contributed by atoms with Crippen molar-refractivity contribution in [2.24, 2.45) is 0 Å². The molecule has 2 rings (SSSR count). The van der Waals surface area contributed by atoms with Gasteiger partial charge in [0.05, 0.1) is 12.8 Å². The highest BCUT2D eigenvalue weighted by atomic mass is 32.1. The van der Waals surface area contributed by atoms with E-state index in [4.69, 9.17) is 10.5 Å². The van der Waals surface area contributed by atoms with Crippen molar-refractivity contribution in [3.05, 3.63) is 47.7 Å². The number of anilines is 2. The van der Waals surface area contributed by atoms with E-state index >= 15 is 0 Å². The molecule has 1 heterocycles. The molecule has 100 valence electrons. The van der Waals surface area contributed by atoms with Crippen LogP contribution in [0.25, 0.3) is 0 Å². The fourth-order valence-corrected chi connectivity index (χ4v) is 1.92. The Labute approximate surface area is 118 Å². The molecule has 5 heteroatoms. The fraction of sp³-hybridized carbons (Fsp3) is 0.214. The molecule has 0 aliphatic heterocycles. The van der Waals surface area contributed by atoms with Crippen LogP contribution < -0.4 is 15.8 Å². The third kappa shape index (κ3) is 3.79. The summed E-state index contributed by atoms with van der Waals surface area (Å²) in [5.74, 6) is 2.17. The number of nitrogens with one attached hydrogen (secondary N) is 1. The zero-order valence-electron chi connectivity index (χ0n) is 10.8. The number of hydrogen-bond acceptors (Lipinski definition) is 5. The van der Waals surface area contributed by atoms with Gasteiger partial charge in [-0.1, -0.05) is 12.1 Å². The summed E-state index contributed by atoms with van der Waals surface area (Å²) in [6, 6.07) is 11.5. The second-order valence-electron chi connectivity index (χ2n) is 4.14. The van der Waals surface area contributed by atoms with Crippen molar-refractivity contribution in [2.75, 3.05) is 18.2 Å². The van der Waals surface area contributed by atoms with Crippen molar-refractivity contribution in [3.8, 4) is 5.75 Å². The van der Waals surface area contributed by atoms with Crippen molar-refractivity contribution < 1.29 is 4.74 Å². The molecule has 0 saturated heterocycles. The molecule has 0 unspecified atom stereocenters. The number of methoxy groups -OCH3 is 1. The average molecular weight is 275 g/mol. The number of ether oxygens (including phenoxy) is 1. The van der Waals surface area contributed by atoms with Gasteiger partial charge in [-0.2, -0.15) is 12.6 Å². The Bertz CT molecular complexity index is 560. The maximum Gasteiger partial charge on any atom is 0.128 e.